The summed E-state index contributed by atoms with van der Waals surface area (Å²) in [5.74, 6) is -0.388. The molecule has 1 unspecified atom stereocenters. The van der Waals surface area contributed by atoms with E-state index < -0.39 is 17.7 Å². The third-order valence-corrected chi connectivity index (χ3v) is 7.08. The summed E-state index contributed by atoms with van der Waals surface area (Å²) in [7, 11) is 1.58. The lowest BCUT2D eigenvalue weighted by Gasteiger charge is -2.23. The number of aliphatic hydroxyl groups excluding tert-OH is 1. The van der Waals surface area contributed by atoms with E-state index in [1.54, 1.807) is 49.6 Å². The minimum atomic E-state index is -0.857. The van der Waals surface area contributed by atoms with Crippen LogP contribution in [0, 0.1) is 6.92 Å². The van der Waals surface area contributed by atoms with Crippen molar-refractivity contribution >= 4 is 44.1 Å². The van der Waals surface area contributed by atoms with Gasteiger partial charge in [0, 0.05) is 5.56 Å². The number of carbonyl (C=O) groups excluding carboxylic acids is 2. The number of hydrogen-bond acceptors (Lipinski definition) is 7. The van der Waals surface area contributed by atoms with Gasteiger partial charge in [0.2, 0.25) is 0 Å². The van der Waals surface area contributed by atoms with Gasteiger partial charge in [-0.2, -0.15) is 0 Å². The summed E-state index contributed by atoms with van der Waals surface area (Å²) in [6, 6.07) is 18.9. The molecule has 1 amide bonds. The molecule has 36 heavy (non-hydrogen) atoms. The van der Waals surface area contributed by atoms with Crippen molar-refractivity contribution in [2.24, 2.45) is 0 Å². The van der Waals surface area contributed by atoms with Crippen LogP contribution in [-0.2, 0) is 9.59 Å². The summed E-state index contributed by atoms with van der Waals surface area (Å²) in [4.78, 5) is 32.8. The SMILES string of the molecule is CCOc1ccc(C2/C(=C(\O)c3ccc(C)cc3)C(=O)C(=O)N2c2nc3ccc(OC)cc3s2)cc1. The summed E-state index contributed by atoms with van der Waals surface area (Å²) < 4.78 is 11.7. The van der Waals surface area contributed by atoms with Crippen LogP contribution in [0.25, 0.3) is 16.0 Å². The average molecular weight is 501 g/mol. The van der Waals surface area contributed by atoms with E-state index in [4.69, 9.17) is 9.47 Å². The van der Waals surface area contributed by atoms with E-state index in [1.807, 2.05) is 38.1 Å². The van der Waals surface area contributed by atoms with Crippen molar-refractivity contribution in [2.45, 2.75) is 19.9 Å². The third-order valence-electron chi connectivity index (χ3n) is 6.07. The molecule has 2 heterocycles. The molecular formula is C28H24N2O5S. The maximum absolute atomic E-state index is 13.4. The Morgan fingerprint density at radius 3 is 2.39 bits per heavy atom. The first kappa shape index (κ1) is 23.6. The number of thiazole rings is 1. The van der Waals surface area contributed by atoms with Crippen molar-refractivity contribution in [3.05, 3.63) is 89.0 Å². The Hall–Kier alpha value is -4.17. The maximum atomic E-state index is 13.4. The molecule has 1 N–H and O–H groups in total. The van der Waals surface area contributed by atoms with Crippen molar-refractivity contribution in [1.82, 2.24) is 4.98 Å². The Morgan fingerprint density at radius 1 is 1.03 bits per heavy atom. The fraction of sp³-hybridized carbons (Fsp3) is 0.179. The van der Waals surface area contributed by atoms with Crippen molar-refractivity contribution in [2.75, 3.05) is 18.6 Å². The fourth-order valence-corrected chi connectivity index (χ4v) is 5.27. The summed E-state index contributed by atoms with van der Waals surface area (Å²) in [6.07, 6.45) is 0. The first-order chi connectivity index (χ1) is 17.4. The van der Waals surface area contributed by atoms with Crippen LogP contribution in [0.4, 0.5) is 5.13 Å². The highest BCUT2D eigenvalue weighted by Crippen LogP contribution is 2.44. The lowest BCUT2D eigenvalue weighted by molar-refractivity contribution is -0.132. The molecule has 1 aliphatic heterocycles. The number of benzene rings is 3. The molecule has 0 saturated carbocycles. The number of aromatic nitrogens is 1. The molecule has 182 valence electrons. The topological polar surface area (TPSA) is 89.0 Å². The van der Waals surface area contributed by atoms with E-state index >= 15 is 0 Å². The molecule has 1 atom stereocenters. The number of rotatable bonds is 6. The van der Waals surface area contributed by atoms with E-state index in [9.17, 15) is 14.7 Å². The normalized spacial score (nSPS) is 17.1. The Morgan fingerprint density at radius 2 is 1.72 bits per heavy atom. The van der Waals surface area contributed by atoms with Gasteiger partial charge >= 0.3 is 5.91 Å². The predicted octanol–water partition coefficient (Wildman–Crippen LogP) is 5.64. The van der Waals surface area contributed by atoms with E-state index in [-0.39, 0.29) is 11.3 Å². The van der Waals surface area contributed by atoms with Crippen LogP contribution in [0.5, 0.6) is 11.5 Å². The standard InChI is InChI=1S/C28H24N2O5S/c1-4-35-19-11-9-17(10-12-19)24-23(25(31)18-7-5-16(2)6-8-18)26(32)27(33)30(24)28-29-21-14-13-20(34-3)15-22(21)36-28/h5-15,24,31H,4H2,1-3H3/b25-23+. The first-order valence-corrected chi connectivity index (χ1v) is 12.3. The van der Waals surface area contributed by atoms with E-state index in [1.165, 1.54) is 16.2 Å². The molecule has 8 heteroatoms. The number of amides is 1. The van der Waals surface area contributed by atoms with Crippen molar-refractivity contribution in [3.8, 4) is 11.5 Å². The van der Waals surface area contributed by atoms with Crippen molar-refractivity contribution in [1.29, 1.82) is 0 Å². The Labute approximate surface area is 212 Å². The molecule has 1 aromatic heterocycles. The zero-order chi connectivity index (χ0) is 25.4. The number of ketones is 1. The van der Waals surface area contributed by atoms with Crippen LogP contribution in [0.1, 0.15) is 29.7 Å². The molecule has 7 nitrogen and oxygen atoms in total. The van der Waals surface area contributed by atoms with Gasteiger partial charge in [-0.1, -0.05) is 53.3 Å². The molecular weight excluding hydrogens is 476 g/mol. The molecule has 5 rings (SSSR count). The zero-order valence-electron chi connectivity index (χ0n) is 20.0. The average Bonchev–Trinajstić information content (AvgIpc) is 3.42. The first-order valence-electron chi connectivity index (χ1n) is 11.5. The number of Topliss-reactive ketones (excluding diaryl/α,β-unsaturated/α-hetero) is 1. The second-order valence-corrected chi connectivity index (χ2v) is 9.38. The summed E-state index contributed by atoms with van der Waals surface area (Å²) in [5, 5.41) is 11.6. The van der Waals surface area contributed by atoms with E-state index in [0.717, 1.165) is 10.3 Å². The summed E-state index contributed by atoms with van der Waals surface area (Å²) in [5.41, 5.74) is 2.83. The Bertz CT molecular complexity index is 1490. The second-order valence-electron chi connectivity index (χ2n) is 8.37. The molecule has 1 saturated heterocycles. The predicted molar refractivity (Wildman–Crippen MR) is 140 cm³/mol. The fourth-order valence-electron chi connectivity index (χ4n) is 4.25. The van der Waals surface area contributed by atoms with Gasteiger partial charge in [0.05, 0.1) is 35.5 Å². The zero-order valence-corrected chi connectivity index (χ0v) is 20.8. The molecule has 3 aromatic carbocycles. The van der Waals surface area contributed by atoms with Crippen molar-refractivity contribution in [3.63, 3.8) is 0 Å². The van der Waals surface area contributed by atoms with E-state index in [2.05, 4.69) is 4.98 Å². The minimum absolute atomic E-state index is 0.0184. The molecule has 0 spiro atoms. The number of anilines is 1. The number of methoxy groups -OCH3 is 1. The van der Waals surface area contributed by atoms with Gasteiger partial charge in [0.25, 0.3) is 5.78 Å². The largest absolute Gasteiger partial charge is 0.507 e. The van der Waals surface area contributed by atoms with Gasteiger partial charge in [-0.15, -0.1) is 0 Å². The number of aliphatic hydroxyl groups is 1. The van der Waals surface area contributed by atoms with Gasteiger partial charge in [-0.3, -0.25) is 14.5 Å². The van der Waals surface area contributed by atoms with Gasteiger partial charge in [0.15, 0.2) is 5.13 Å². The highest BCUT2D eigenvalue weighted by molar-refractivity contribution is 7.22. The molecule has 0 aliphatic carbocycles. The van der Waals surface area contributed by atoms with E-state index in [0.29, 0.717) is 39.9 Å². The van der Waals surface area contributed by atoms with Crippen LogP contribution in [0.15, 0.2) is 72.3 Å². The van der Waals surface area contributed by atoms with Gasteiger partial charge in [0.1, 0.15) is 17.3 Å². The van der Waals surface area contributed by atoms with Crippen LogP contribution < -0.4 is 14.4 Å². The van der Waals surface area contributed by atoms with Gasteiger partial charge in [-0.05, 0) is 49.7 Å². The number of nitrogens with zero attached hydrogens (tertiary/aromatic N) is 2. The van der Waals surface area contributed by atoms with Gasteiger partial charge < -0.3 is 14.6 Å². The highest BCUT2D eigenvalue weighted by Gasteiger charge is 2.48. The van der Waals surface area contributed by atoms with Gasteiger partial charge in [-0.25, -0.2) is 4.98 Å². The molecule has 0 radical (unpaired) electrons. The molecule has 0 bridgehead atoms. The molecule has 1 aliphatic rings. The number of aryl methyl sites for hydroxylation is 1. The molecule has 4 aromatic rings. The lowest BCUT2D eigenvalue weighted by atomic mass is 9.95. The smallest absolute Gasteiger partial charge is 0.301 e. The summed E-state index contributed by atoms with van der Waals surface area (Å²) in [6.45, 7) is 4.34. The van der Waals surface area contributed by atoms with Crippen LogP contribution in [-0.4, -0.2) is 35.5 Å². The number of hydrogen-bond donors (Lipinski definition) is 1. The minimum Gasteiger partial charge on any atom is -0.507 e. The lowest BCUT2D eigenvalue weighted by Crippen LogP contribution is -2.29. The monoisotopic (exact) mass is 500 g/mol. The second kappa shape index (κ2) is 9.47. The summed E-state index contributed by atoms with van der Waals surface area (Å²) >= 11 is 1.28. The number of carbonyl (C=O) groups is 2. The third kappa shape index (κ3) is 4.09. The van der Waals surface area contributed by atoms with Crippen LogP contribution in [0.3, 0.4) is 0 Å². The van der Waals surface area contributed by atoms with Crippen LogP contribution in [0.2, 0.25) is 0 Å². The molecule has 1 fully saturated rings. The quantitative estimate of drug-likeness (QED) is 0.209. The Balaban J connectivity index is 1.69. The highest BCUT2D eigenvalue weighted by atomic mass is 32.1. The van der Waals surface area contributed by atoms with Crippen molar-refractivity contribution < 1.29 is 24.2 Å². The van der Waals surface area contributed by atoms with Crippen LogP contribution >= 0.6 is 11.3 Å². The number of ether oxygens (including phenoxy) is 2. The maximum Gasteiger partial charge on any atom is 0.301 e. The Kier molecular flexibility index (Phi) is 6.20. The number of fused-ring (bicyclic) bond motifs is 1.